The number of hydrogen-bond donors (Lipinski definition) is 1. The molecule has 0 saturated carbocycles. The van der Waals surface area contributed by atoms with E-state index in [0.29, 0.717) is 0 Å². The number of ether oxygens (including phenoxy) is 1. The van der Waals surface area contributed by atoms with E-state index in [-0.39, 0.29) is 0 Å². The molecule has 0 atom stereocenters. The first-order chi connectivity index (χ1) is 10.7. The zero-order valence-corrected chi connectivity index (χ0v) is 13.3. The van der Waals surface area contributed by atoms with Gasteiger partial charge in [0, 0.05) is 23.9 Å². The zero-order chi connectivity index (χ0) is 15.4. The summed E-state index contributed by atoms with van der Waals surface area (Å²) >= 11 is 1.71. The average molecular weight is 310 g/mol. The monoisotopic (exact) mass is 310 g/mol. The number of rotatable bonds is 5. The molecule has 4 heteroatoms. The number of thiazole rings is 1. The molecule has 0 spiro atoms. The van der Waals surface area contributed by atoms with Crippen molar-refractivity contribution in [3.8, 4) is 5.75 Å². The third-order valence-electron chi connectivity index (χ3n) is 3.48. The van der Waals surface area contributed by atoms with Crippen molar-refractivity contribution in [3.05, 3.63) is 75.7 Å². The third kappa shape index (κ3) is 3.65. The molecule has 0 radical (unpaired) electrons. The molecule has 0 amide bonds. The molecule has 3 rings (SSSR count). The van der Waals surface area contributed by atoms with Crippen LogP contribution in [-0.4, -0.2) is 12.1 Å². The van der Waals surface area contributed by atoms with Gasteiger partial charge in [-0.05, 0) is 35.4 Å². The predicted molar refractivity (Wildman–Crippen MR) is 91.6 cm³/mol. The highest BCUT2D eigenvalue weighted by Crippen LogP contribution is 2.19. The number of nitrogen functional groups attached to an aromatic ring is 1. The van der Waals surface area contributed by atoms with Gasteiger partial charge < -0.3 is 10.5 Å². The topological polar surface area (TPSA) is 48.1 Å². The maximum Gasteiger partial charge on any atom is 0.118 e. The minimum absolute atomic E-state index is 0.795. The van der Waals surface area contributed by atoms with Crippen molar-refractivity contribution >= 4 is 17.0 Å². The maximum absolute atomic E-state index is 5.71. The van der Waals surface area contributed by atoms with Gasteiger partial charge in [0.1, 0.15) is 5.75 Å². The zero-order valence-electron chi connectivity index (χ0n) is 12.5. The van der Waals surface area contributed by atoms with Crippen LogP contribution in [0.3, 0.4) is 0 Å². The second kappa shape index (κ2) is 6.62. The summed E-state index contributed by atoms with van der Waals surface area (Å²) < 4.78 is 5.18. The highest BCUT2D eigenvalue weighted by molar-refractivity contribution is 7.09. The van der Waals surface area contributed by atoms with Crippen LogP contribution in [-0.2, 0) is 12.8 Å². The van der Waals surface area contributed by atoms with Crippen molar-refractivity contribution in [3.63, 3.8) is 0 Å². The first-order valence-corrected chi connectivity index (χ1v) is 8.01. The van der Waals surface area contributed by atoms with Crippen LogP contribution in [0.5, 0.6) is 5.75 Å². The van der Waals surface area contributed by atoms with E-state index in [4.69, 9.17) is 15.5 Å². The molecule has 3 aromatic rings. The second-order valence-corrected chi connectivity index (χ2v) is 6.12. The van der Waals surface area contributed by atoms with Gasteiger partial charge in [-0.15, -0.1) is 11.3 Å². The van der Waals surface area contributed by atoms with Gasteiger partial charge in [-0.3, -0.25) is 0 Å². The Hall–Kier alpha value is -2.33. The summed E-state index contributed by atoms with van der Waals surface area (Å²) in [5, 5.41) is 3.27. The summed E-state index contributed by atoms with van der Waals surface area (Å²) in [7, 11) is 1.68. The van der Waals surface area contributed by atoms with E-state index in [1.165, 1.54) is 11.1 Å². The van der Waals surface area contributed by atoms with Crippen LogP contribution in [0, 0.1) is 0 Å². The molecule has 112 valence electrons. The normalized spacial score (nSPS) is 10.6. The van der Waals surface area contributed by atoms with E-state index < -0.39 is 0 Å². The van der Waals surface area contributed by atoms with Gasteiger partial charge in [-0.1, -0.05) is 24.3 Å². The van der Waals surface area contributed by atoms with Crippen molar-refractivity contribution in [2.45, 2.75) is 12.8 Å². The Balaban J connectivity index is 1.66. The molecule has 1 heterocycles. The molecule has 0 unspecified atom stereocenters. The van der Waals surface area contributed by atoms with E-state index in [1.54, 1.807) is 18.4 Å². The lowest BCUT2D eigenvalue weighted by molar-refractivity contribution is 0.414. The molecule has 0 bridgehead atoms. The molecule has 3 nitrogen and oxygen atoms in total. The molecule has 0 aliphatic heterocycles. The van der Waals surface area contributed by atoms with Crippen LogP contribution >= 0.6 is 11.3 Å². The van der Waals surface area contributed by atoms with E-state index >= 15 is 0 Å². The maximum atomic E-state index is 5.71. The molecule has 0 fully saturated rings. The lowest BCUT2D eigenvalue weighted by Gasteiger charge is -2.02. The fourth-order valence-corrected chi connectivity index (χ4v) is 3.10. The summed E-state index contributed by atoms with van der Waals surface area (Å²) in [6.45, 7) is 0. The molecule has 1 aromatic heterocycles. The lowest BCUT2D eigenvalue weighted by atomic mass is 10.1. The highest BCUT2D eigenvalue weighted by Gasteiger charge is 2.05. The Bertz CT molecular complexity index is 733. The molecule has 0 aliphatic rings. The van der Waals surface area contributed by atoms with Gasteiger partial charge in [0.2, 0.25) is 0 Å². The number of nitrogens with two attached hydrogens (primary N) is 1. The van der Waals surface area contributed by atoms with Crippen molar-refractivity contribution < 1.29 is 4.74 Å². The predicted octanol–water partition coefficient (Wildman–Crippen LogP) is 3.92. The molecule has 2 N–H and O–H groups in total. The molecule has 0 aliphatic carbocycles. The third-order valence-corrected chi connectivity index (χ3v) is 4.38. The first-order valence-electron chi connectivity index (χ1n) is 7.13. The van der Waals surface area contributed by atoms with E-state index in [9.17, 15) is 0 Å². The van der Waals surface area contributed by atoms with Gasteiger partial charge in [-0.2, -0.15) is 0 Å². The quantitative estimate of drug-likeness (QED) is 0.727. The minimum atomic E-state index is 0.795. The summed E-state index contributed by atoms with van der Waals surface area (Å²) in [5.74, 6) is 0.881. The highest BCUT2D eigenvalue weighted by atomic mass is 32.1. The minimum Gasteiger partial charge on any atom is -0.497 e. The van der Waals surface area contributed by atoms with Gasteiger partial charge in [0.15, 0.2) is 0 Å². The van der Waals surface area contributed by atoms with Crippen LogP contribution in [0.25, 0.3) is 0 Å². The molecule has 2 aromatic carbocycles. The fourth-order valence-electron chi connectivity index (χ4n) is 2.27. The van der Waals surface area contributed by atoms with Gasteiger partial charge in [0.25, 0.3) is 0 Å². The first kappa shape index (κ1) is 14.6. The number of benzene rings is 2. The standard InChI is InChI=1S/C18H18N2OS/c1-21-17-8-4-13(5-9-17)10-16-12-22-18(20-16)11-14-2-6-15(19)7-3-14/h2-9,12H,10-11,19H2,1H3. The Kier molecular flexibility index (Phi) is 4.39. The Labute approximate surface area is 134 Å². The summed E-state index contributed by atoms with van der Waals surface area (Å²) in [5.41, 5.74) is 10.1. The van der Waals surface area contributed by atoms with Crippen LogP contribution in [0.15, 0.2) is 53.9 Å². The summed E-state index contributed by atoms with van der Waals surface area (Å²) in [6.07, 6.45) is 1.70. The van der Waals surface area contributed by atoms with Crippen molar-refractivity contribution in [1.82, 2.24) is 4.98 Å². The molecule has 22 heavy (non-hydrogen) atoms. The van der Waals surface area contributed by atoms with Gasteiger partial charge in [-0.25, -0.2) is 4.98 Å². The van der Waals surface area contributed by atoms with Crippen LogP contribution in [0.2, 0.25) is 0 Å². The van der Waals surface area contributed by atoms with Crippen LogP contribution in [0.1, 0.15) is 21.8 Å². The smallest absolute Gasteiger partial charge is 0.118 e. The van der Waals surface area contributed by atoms with E-state index in [1.807, 2.05) is 24.3 Å². The van der Waals surface area contributed by atoms with Crippen molar-refractivity contribution in [2.24, 2.45) is 0 Å². The van der Waals surface area contributed by atoms with E-state index in [2.05, 4.69) is 29.6 Å². The van der Waals surface area contributed by atoms with E-state index in [0.717, 1.165) is 35.0 Å². The number of methoxy groups -OCH3 is 1. The fraction of sp³-hybridized carbons (Fsp3) is 0.167. The van der Waals surface area contributed by atoms with Gasteiger partial charge >= 0.3 is 0 Å². The number of nitrogens with zero attached hydrogens (tertiary/aromatic N) is 1. The number of anilines is 1. The summed E-state index contributed by atoms with van der Waals surface area (Å²) in [4.78, 5) is 4.72. The lowest BCUT2D eigenvalue weighted by Crippen LogP contribution is -1.92. The summed E-state index contributed by atoms with van der Waals surface area (Å²) in [6, 6.07) is 16.1. The molecular weight excluding hydrogens is 292 g/mol. The molecule has 0 saturated heterocycles. The SMILES string of the molecule is COc1ccc(Cc2csc(Cc3ccc(N)cc3)n2)cc1. The Morgan fingerprint density at radius 2 is 1.59 bits per heavy atom. The van der Waals surface area contributed by atoms with Crippen molar-refractivity contribution in [1.29, 1.82) is 0 Å². The molecular formula is C18H18N2OS. The average Bonchev–Trinajstić information content (AvgIpc) is 2.97. The largest absolute Gasteiger partial charge is 0.497 e. The van der Waals surface area contributed by atoms with Crippen molar-refractivity contribution in [2.75, 3.05) is 12.8 Å². The van der Waals surface area contributed by atoms with Crippen LogP contribution < -0.4 is 10.5 Å². The Morgan fingerprint density at radius 1 is 0.955 bits per heavy atom. The van der Waals surface area contributed by atoms with Crippen LogP contribution in [0.4, 0.5) is 5.69 Å². The second-order valence-electron chi connectivity index (χ2n) is 5.18. The van der Waals surface area contributed by atoms with Gasteiger partial charge in [0.05, 0.1) is 17.8 Å². The number of hydrogen-bond acceptors (Lipinski definition) is 4. The Morgan fingerprint density at radius 3 is 2.27 bits per heavy atom. The number of aromatic nitrogens is 1.